The normalized spacial score (nSPS) is 25.4. The van der Waals surface area contributed by atoms with Gasteiger partial charge in [0, 0.05) is 12.6 Å². The van der Waals surface area contributed by atoms with E-state index in [0.29, 0.717) is 37.1 Å². The average molecular weight is 297 g/mol. The maximum Gasteiger partial charge on any atom is 0.306 e. The van der Waals surface area contributed by atoms with Gasteiger partial charge >= 0.3 is 5.97 Å². The van der Waals surface area contributed by atoms with Crippen molar-refractivity contribution in [2.75, 3.05) is 19.0 Å². The van der Waals surface area contributed by atoms with E-state index in [9.17, 15) is 14.3 Å². The summed E-state index contributed by atoms with van der Waals surface area (Å²) >= 11 is 0. The van der Waals surface area contributed by atoms with E-state index < -0.39 is 17.4 Å². The van der Waals surface area contributed by atoms with Gasteiger partial charge in [-0.15, -0.1) is 0 Å². The van der Waals surface area contributed by atoms with Crippen LogP contribution in [0.5, 0.6) is 5.75 Å². The molecule has 21 heavy (non-hydrogen) atoms. The molecular formula is C15H20FNO4. The van der Waals surface area contributed by atoms with Crippen LogP contribution in [0.2, 0.25) is 0 Å². The van der Waals surface area contributed by atoms with Crippen LogP contribution in [0.3, 0.4) is 0 Å². The highest BCUT2D eigenvalue weighted by atomic mass is 19.1. The Morgan fingerprint density at radius 1 is 1.48 bits per heavy atom. The molecule has 6 heteroatoms. The molecule has 1 aromatic rings. The number of aliphatic hydroxyl groups is 1. The van der Waals surface area contributed by atoms with Gasteiger partial charge in [-0.05, 0) is 37.8 Å². The van der Waals surface area contributed by atoms with Crippen molar-refractivity contribution in [3.05, 3.63) is 24.0 Å². The molecule has 1 aliphatic carbocycles. The van der Waals surface area contributed by atoms with Gasteiger partial charge in [0.2, 0.25) is 0 Å². The second kappa shape index (κ2) is 6.30. The minimum atomic E-state index is -0.939. The minimum absolute atomic E-state index is 0.279. The third-order valence-electron chi connectivity index (χ3n) is 4.04. The predicted molar refractivity (Wildman–Crippen MR) is 76.0 cm³/mol. The Morgan fingerprint density at radius 2 is 2.14 bits per heavy atom. The van der Waals surface area contributed by atoms with E-state index in [0.717, 1.165) is 0 Å². The standard InChI is InChI=1S/C15H20FNO4/c1-21-13-8-11(16)2-3-12(13)17-9-15(20)6-4-10(5-7-15)14(18)19/h2-3,8,10,17,20H,4-7,9H2,1H3,(H,18,19). The number of carbonyl (C=O) groups is 1. The monoisotopic (exact) mass is 297 g/mol. The van der Waals surface area contributed by atoms with E-state index in [1.54, 1.807) is 6.07 Å². The topological polar surface area (TPSA) is 78.8 Å². The Balaban J connectivity index is 1.95. The number of anilines is 1. The van der Waals surface area contributed by atoms with E-state index in [-0.39, 0.29) is 12.5 Å². The molecule has 0 radical (unpaired) electrons. The van der Waals surface area contributed by atoms with Crippen molar-refractivity contribution in [3.63, 3.8) is 0 Å². The first-order chi connectivity index (χ1) is 9.93. The molecular weight excluding hydrogens is 277 g/mol. The van der Waals surface area contributed by atoms with Crippen LogP contribution in [-0.2, 0) is 4.79 Å². The van der Waals surface area contributed by atoms with Crippen LogP contribution in [0.4, 0.5) is 10.1 Å². The highest BCUT2D eigenvalue weighted by Gasteiger charge is 2.35. The summed E-state index contributed by atoms with van der Waals surface area (Å²) in [5.41, 5.74) is -0.335. The Labute approximate surface area is 122 Å². The van der Waals surface area contributed by atoms with Gasteiger partial charge < -0.3 is 20.3 Å². The summed E-state index contributed by atoms with van der Waals surface area (Å²) in [6.07, 6.45) is 1.79. The summed E-state index contributed by atoms with van der Waals surface area (Å²) in [5, 5.41) is 22.5. The van der Waals surface area contributed by atoms with Gasteiger partial charge in [-0.25, -0.2) is 4.39 Å². The molecule has 3 N–H and O–H groups in total. The summed E-state index contributed by atoms with van der Waals surface area (Å²) in [5.74, 6) is -1.19. The van der Waals surface area contributed by atoms with E-state index in [1.165, 1.54) is 19.2 Å². The Kier molecular flexibility index (Phi) is 4.67. The highest BCUT2D eigenvalue weighted by molar-refractivity contribution is 5.70. The van der Waals surface area contributed by atoms with Crippen molar-refractivity contribution in [1.82, 2.24) is 0 Å². The lowest BCUT2D eigenvalue weighted by atomic mass is 9.79. The Bertz CT molecular complexity index is 512. The lowest BCUT2D eigenvalue weighted by Gasteiger charge is -2.35. The molecule has 1 aliphatic rings. The molecule has 0 aromatic heterocycles. The zero-order valence-electron chi connectivity index (χ0n) is 11.9. The summed E-state index contributed by atoms with van der Waals surface area (Å²) in [7, 11) is 1.45. The van der Waals surface area contributed by atoms with Gasteiger partial charge in [0.05, 0.1) is 24.3 Å². The van der Waals surface area contributed by atoms with Crippen molar-refractivity contribution in [3.8, 4) is 5.75 Å². The SMILES string of the molecule is COc1cc(F)ccc1NCC1(O)CCC(C(=O)O)CC1. The van der Waals surface area contributed by atoms with E-state index in [2.05, 4.69) is 5.32 Å². The summed E-state index contributed by atoms with van der Waals surface area (Å²) in [4.78, 5) is 10.9. The van der Waals surface area contributed by atoms with Crippen molar-refractivity contribution in [2.24, 2.45) is 5.92 Å². The zero-order valence-corrected chi connectivity index (χ0v) is 11.9. The van der Waals surface area contributed by atoms with Gasteiger partial charge in [-0.1, -0.05) is 0 Å². The van der Waals surface area contributed by atoms with Crippen molar-refractivity contribution in [2.45, 2.75) is 31.3 Å². The van der Waals surface area contributed by atoms with Gasteiger partial charge in [-0.3, -0.25) is 4.79 Å². The smallest absolute Gasteiger partial charge is 0.306 e. The number of nitrogens with one attached hydrogen (secondary N) is 1. The molecule has 0 aliphatic heterocycles. The molecule has 0 heterocycles. The van der Waals surface area contributed by atoms with Crippen LogP contribution in [0, 0.1) is 11.7 Å². The first kappa shape index (κ1) is 15.6. The molecule has 0 saturated heterocycles. The molecule has 0 spiro atoms. The van der Waals surface area contributed by atoms with Gasteiger partial charge in [-0.2, -0.15) is 0 Å². The third kappa shape index (κ3) is 3.85. The molecule has 0 unspecified atom stereocenters. The number of ether oxygens (including phenoxy) is 1. The fourth-order valence-corrected chi connectivity index (χ4v) is 2.65. The number of rotatable bonds is 5. The van der Waals surface area contributed by atoms with Crippen LogP contribution in [0.15, 0.2) is 18.2 Å². The number of methoxy groups -OCH3 is 1. The maximum absolute atomic E-state index is 13.1. The number of carboxylic acid groups (broad SMARTS) is 1. The number of hydrogen-bond acceptors (Lipinski definition) is 4. The Hall–Kier alpha value is -1.82. The largest absolute Gasteiger partial charge is 0.494 e. The van der Waals surface area contributed by atoms with Crippen LogP contribution >= 0.6 is 0 Å². The fourth-order valence-electron chi connectivity index (χ4n) is 2.65. The molecule has 2 rings (SSSR count). The average Bonchev–Trinajstić information content (AvgIpc) is 2.46. The molecule has 5 nitrogen and oxygen atoms in total. The second-order valence-corrected chi connectivity index (χ2v) is 5.54. The molecule has 0 amide bonds. The summed E-state index contributed by atoms with van der Waals surface area (Å²) in [6.45, 7) is 0.279. The van der Waals surface area contributed by atoms with Gasteiger partial charge in [0.25, 0.3) is 0 Å². The van der Waals surface area contributed by atoms with Crippen LogP contribution in [0.25, 0.3) is 0 Å². The Morgan fingerprint density at radius 3 is 2.71 bits per heavy atom. The first-order valence-electron chi connectivity index (χ1n) is 6.96. The number of benzene rings is 1. The molecule has 116 valence electrons. The van der Waals surface area contributed by atoms with E-state index in [4.69, 9.17) is 9.84 Å². The maximum atomic E-state index is 13.1. The first-order valence-corrected chi connectivity index (χ1v) is 6.96. The van der Waals surface area contributed by atoms with Crippen molar-refractivity contribution in [1.29, 1.82) is 0 Å². The van der Waals surface area contributed by atoms with E-state index in [1.807, 2.05) is 0 Å². The fraction of sp³-hybridized carbons (Fsp3) is 0.533. The molecule has 0 atom stereocenters. The number of aliphatic carboxylic acids is 1. The van der Waals surface area contributed by atoms with Crippen molar-refractivity contribution < 1.29 is 24.1 Å². The second-order valence-electron chi connectivity index (χ2n) is 5.54. The number of halogens is 1. The number of carboxylic acids is 1. The molecule has 0 bridgehead atoms. The third-order valence-corrected chi connectivity index (χ3v) is 4.04. The quantitative estimate of drug-likeness (QED) is 0.777. The van der Waals surface area contributed by atoms with Crippen LogP contribution in [-0.4, -0.2) is 35.4 Å². The van der Waals surface area contributed by atoms with Gasteiger partial charge in [0.15, 0.2) is 0 Å². The molecule has 1 fully saturated rings. The van der Waals surface area contributed by atoms with E-state index >= 15 is 0 Å². The minimum Gasteiger partial charge on any atom is -0.494 e. The summed E-state index contributed by atoms with van der Waals surface area (Å²) < 4.78 is 18.2. The lowest BCUT2D eigenvalue weighted by molar-refractivity contribution is -0.144. The number of hydrogen-bond donors (Lipinski definition) is 3. The molecule has 1 aromatic carbocycles. The summed E-state index contributed by atoms with van der Waals surface area (Å²) in [6, 6.07) is 4.14. The molecule has 1 saturated carbocycles. The van der Waals surface area contributed by atoms with Crippen molar-refractivity contribution >= 4 is 11.7 Å². The predicted octanol–water partition coefficient (Wildman–Crippen LogP) is 2.25. The highest BCUT2D eigenvalue weighted by Crippen LogP contribution is 2.33. The zero-order chi connectivity index (χ0) is 15.5. The van der Waals surface area contributed by atoms with Gasteiger partial charge in [0.1, 0.15) is 11.6 Å². The lowest BCUT2D eigenvalue weighted by Crippen LogP contribution is -2.41. The van der Waals surface area contributed by atoms with Crippen LogP contribution < -0.4 is 10.1 Å². The van der Waals surface area contributed by atoms with Crippen LogP contribution in [0.1, 0.15) is 25.7 Å².